The van der Waals surface area contributed by atoms with E-state index in [4.69, 9.17) is 11.6 Å². The zero-order valence-corrected chi connectivity index (χ0v) is 11.3. The van der Waals surface area contributed by atoms with E-state index in [0.29, 0.717) is 10.5 Å². The number of hydrogen-bond acceptors (Lipinski definition) is 5. The lowest BCUT2D eigenvalue weighted by Gasteiger charge is -2.25. The highest BCUT2D eigenvalue weighted by molar-refractivity contribution is 7.15. The maximum atomic E-state index is 5.78. The number of aromatic nitrogens is 2. The number of nitrogens with zero attached hydrogens (tertiary/aromatic N) is 4. The molecule has 2 rings (SSSR count). The van der Waals surface area contributed by atoms with Gasteiger partial charge in [-0.05, 0) is 45.1 Å². The Labute approximate surface area is 105 Å². The highest BCUT2D eigenvalue weighted by atomic mass is 35.5. The van der Waals surface area contributed by atoms with Gasteiger partial charge in [0.2, 0.25) is 4.47 Å². The summed E-state index contributed by atoms with van der Waals surface area (Å²) in [6, 6.07) is 0.651. The van der Waals surface area contributed by atoms with Crippen molar-refractivity contribution in [2.45, 2.75) is 25.4 Å². The molecule has 1 aromatic heterocycles. The number of halogens is 1. The Hall–Kier alpha value is -0.230. The van der Waals surface area contributed by atoms with Gasteiger partial charge in [-0.2, -0.15) is 0 Å². The van der Waals surface area contributed by atoms with Crippen molar-refractivity contribution < 1.29 is 0 Å². The van der Waals surface area contributed by atoms with E-state index in [9.17, 15) is 0 Å². The van der Waals surface area contributed by atoms with Crippen molar-refractivity contribution in [1.82, 2.24) is 20.0 Å². The van der Waals surface area contributed by atoms with Crippen LogP contribution in [0.1, 0.15) is 17.8 Å². The molecule has 4 nitrogen and oxygen atoms in total. The Morgan fingerprint density at radius 2 is 2.31 bits per heavy atom. The molecular weight excluding hydrogens is 244 g/mol. The molecule has 6 heteroatoms. The second-order valence-electron chi connectivity index (χ2n) is 4.48. The first kappa shape index (κ1) is 12.2. The molecule has 0 N–H and O–H groups in total. The lowest BCUT2D eigenvalue weighted by Crippen LogP contribution is -2.37. The smallest absolute Gasteiger partial charge is 0.207 e. The van der Waals surface area contributed by atoms with E-state index in [2.05, 4.69) is 34.1 Å². The molecule has 1 aliphatic heterocycles. The number of likely N-dealkylation sites (tertiary alicyclic amines) is 1. The van der Waals surface area contributed by atoms with Crippen molar-refractivity contribution >= 4 is 22.9 Å². The van der Waals surface area contributed by atoms with Gasteiger partial charge in [-0.3, -0.25) is 4.90 Å². The summed E-state index contributed by atoms with van der Waals surface area (Å²) in [6.07, 6.45) is 2.57. The van der Waals surface area contributed by atoms with Crippen LogP contribution in [0.25, 0.3) is 0 Å². The summed E-state index contributed by atoms with van der Waals surface area (Å²) >= 11 is 7.27. The Morgan fingerprint density at radius 3 is 2.94 bits per heavy atom. The normalized spacial score (nSPS) is 22.1. The quantitative estimate of drug-likeness (QED) is 0.825. The molecule has 0 saturated carbocycles. The third-order valence-corrected chi connectivity index (χ3v) is 3.86. The van der Waals surface area contributed by atoms with Crippen molar-refractivity contribution in [2.75, 3.05) is 27.2 Å². The second kappa shape index (κ2) is 5.40. The first-order chi connectivity index (χ1) is 7.65. The van der Waals surface area contributed by atoms with Crippen LogP contribution in [0.5, 0.6) is 0 Å². The van der Waals surface area contributed by atoms with Gasteiger partial charge >= 0.3 is 0 Å². The first-order valence-electron chi connectivity index (χ1n) is 5.52. The fraction of sp³-hybridized carbons (Fsp3) is 0.800. The molecule has 1 unspecified atom stereocenters. The van der Waals surface area contributed by atoms with Gasteiger partial charge in [0.05, 0.1) is 6.54 Å². The van der Waals surface area contributed by atoms with Crippen LogP contribution in [0.4, 0.5) is 0 Å². The number of rotatable bonds is 4. The highest BCUT2D eigenvalue weighted by Gasteiger charge is 2.25. The third kappa shape index (κ3) is 3.13. The average molecular weight is 261 g/mol. The molecule has 0 spiro atoms. The van der Waals surface area contributed by atoms with Gasteiger partial charge < -0.3 is 4.90 Å². The fourth-order valence-electron chi connectivity index (χ4n) is 2.20. The minimum absolute atomic E-state index is 0.540. The summed E-state index contributed by atoms with van der Waals surface area (Å²) in [7, 11) is 4.25. The van der Waals surface area contributed by atoms with Gasteiger partial charge in [0.1, 0.15) is 5.01 Å². The second-order valence-corrected chi connectivity index (χ2v) is 6.12. The molecular formula is C10H17ClN4S. The molecule has 0 radical (unpaired) electrons. The van der Waals surface area contributed by atoms with Crippen LogP contribution in [0, 0.1) is 0 Å². The van der Waals surface area contributed by atoms with E-state index >= 15 is 0 Å². The van der Waals surface area contributed by atoms with E-state index in [-0.39, 0.29) is 0 Å². The molecule has 1 aromatic rings. The highest BCUT2D eigenvalue weighted by Crippen LogP contribution is 2.23. The summed E-state index contributed by atoms with van der Waals surface area (Å²) in [5.41, 5.74) is 0. The van der Waals surface area contributed by atoms with Gasteiger partial charge in [0.25, 0.3) is 0 Å². The molecule has 1 fully saturated rings. The number of likely N-dealkylation sites (N-methyl/N-ethyl adjacent to an activating group) is 1. The zero-order chi connectivity index (χ0) is 11.5. The maximum Gasteiger partial charge on any atom is 0.207 e. The molecule has 0 aliphatic carbocycles. The predicted molar refractivity (Wildman–Crippen MR) is 66.9 cm³/mol. The van der Waals surface area contributed by atoms with Gasteiger partial charge in [0.15, 0.2) is 0 Å². The summed E-state index contributed by atoms with van der Waals surface area (Å²) in [5, 5.41) is 8.94. The van der Waals surface area contributed by atoms with E-state index in [1.54, 1.807) is 0 Å². The molecule has 90 valence electrons. The zero-order valence-electron chi connectivity index (χ0n) is 9.69. The van der Waals surface area contributed by atoms with Crippen LogP contribution in [0.3, 0.4) is 0 Å². The molecule has 0 bridgehead atoms. The van der Waals surface area contributed by atoms with Crippen LogP contribution in [0.2, 0.25) is 4.47 Å². The minimum atomic E-state index is 0.540. The Morgan fingerprint density at radius 1 is 1.50 bits per heavy atom. The van der Waals surface area contributed by atoms with Crippen LogP contribution in [-0.2, 0) is 6.54 Å². The average Bonchev–Trinajstić information content (AvgIpc) is 2.77. The number of hydrogen-bond donors (Lipinski definition) is 0. The van der Waals surface area contributed by atoms with Crippen molar-refractivity contribution in [3.05, 3.63) is 9.47 Å². The van der Waals surface area contributed by atoms with Crippen molar-refractivity contribution in [2.24, 2.45) is 0 Å². The minimum Gasteiger partial charge on any atom is -0.308 e. The summed E-state index contributed by atoms with van der Waals surface area (Å²) in [6.45, 7) is 3.17. The van der Waals surface area contributed by atoms with E-state index < -0.39 is 0 Å². The Kier molecular flexibility index (Phi) is 4.13. The lowest BCUT2D eigenvalue weighted by molar-refractivity contribution is 0.200. The largest absolute Gasteiger partial charge is 0.308 e. The molecule has 16 heavy (non-hydrogen) atoms. The van der Waals surface area contributed by atoms with Crippen molar-refractivity contribution in [3.8, 4) is 0 Å². The lowest BCUT2D eigenvalue weighted by atomic mass is 10.2. The fourth-order valence-corrected chi connectivity index (χ4v) is 3.10. The van der Waals surface area contributed by atoms with Gasteiger partial charge in [-0.15, -0.1) is 10.2 Å². The third-order valence-electron chi connectivity index (χ3n) is 2.86. The van der Waals surface area contributed by atoms with Gasteiger partial charge in [0, 0.05) is 12.6 Å². The molecule has 1 aliphatic rings. The van der Waals surface area contributed by atoms with Crippen molar-refractivity contribution in [3.63, 3.8) is 0 Å². The maximum absolute atomic E-state index is 5.78. The Bertz CT molecular complexity index is 341. The topological polar surface area (TPSA) is 32.3 Å². The standard InChI is InChI=1S/C10H17ClN4S/c1-14(2)6-8-4-3-5-15(8)7-9-12-13-10(11)16-9/h8H,3-7H2,1-2H3. The van der Waals surface area contributed by atoms with Gasteiger partial charge in [-0.25, -0.2) is 0 Å². The van der Waals surface area contributed by atoms with E-state index in [1.165, 1.54) is 24.2 Å². The van der Waals surface area contributed by atoms with Crippen molar-refractivity contribution in [1.29, 1.82) is 0 Å². The SMILES string of the molecule is CN(C)CC1CCCN1Cc1nnc(Cl)s1. The molecule has 2 heterocycles. The monoisotopic (exact) mass is 260 g/mol. The van der Waals surface area contributed by atoms with Crippen LogP contribution >= 0.6 is 22.9 Å². The van der Waals surface area contributed by atoms with Gasteiger partial charge in [-0.1, -0.05) is 11.3 Å². The molecule has 1 saturated heterocycles. The predicted octanol–water partition coefficient (Wildman–Crippen LogP) is 1.72. The molecule has 0 amide bonds. The summed E-state index contributed by atoms with van der Waals surface area (Å²) in [4.78, 5) is 4.73. The molecule has 0 aromatic carbocycles. The Balaban J connectivity index is 1.93. The van der Waals surface area contributed by atoms with E-state index in [1.807, 2.05) is 0 Å². The van der Waals surface area contributed by atoms with Crippen LogP contribution in [-0.4, -0.2) is 53.2 Å². The van der Waals surface area contributed by atoms with E-state index in [0.717, 1.165) is 24.6 Å². The first-order valence-corrected chi connectivity index (χ1v) is 6.71. The van der Waals surface area contributed by atoms with Crippen LogP contribution < -0.4 is 0 Å². The molecule has 1 atom stereocenters. The summed E-state index contributed by atoms with van der Waals surface area (Å²) < 4.78 is 0.540. The van der Waals surface area contributed by atoms with Crippen LogP contribution in [0.15, 0.2) is 0 Å². The summed E-state index contributed by atoms with van der Waals surface area (Å²) in [5.74, 6) is 0.